The molecule has 1 saturated carbocycles. The molecule has 0 heterocycles. The molecule has 3 atom stereocenters. The molecule has 1 aromatic rings. The van der Waals surface area contributed by atoms with Gasteiger partial charge in [-0.05, 0) is 59.6 Å². The fraction of sp³-hybridized carbons (Fsp3) is 0.565. The van der Waals surface area contributed by atoms with Gasteiger partial charge in [-0.25, -0.2) is 0 Å². The molecule has 2 aliphatic carbocycles. The maximum atomic E-state index is 13.0. The molecule has 31 heavy (non-hydrogen) atoms. The Labute approximate surface area is 197 Å². The quantitative estimate of drug-likeness (QED) is 0.416. The summed E-state index contributed by atoms with van der Waals surface area (Å²) in [7, 11) is 0. The van der Waals surface area contributed by atoms with Crippen molar-refractivity contribution in [2.75, 3.05) is 19.7 Å². The van der Waals surface area contributed by atoms with Crippen molar-refractivity contribution < 1.29 is 24.5 Å². The zero-order valence-electron chi connectivity index (χ0n) is 18.0. The van der Waals surface area contributed by atoms with Crippen LogP contribution in [0.1, 0.15) is 33.1 Å². The molecule has 0 spiro atoms. The number of aliphatic hydroxyl groups is 2. The van der Waals surface area contributed by atoms with Gasteiger partial charge in [-0.2, -0.15) is 0 Å². The Morgan fingerprint density at radius 1 is 1.29 bits per heavy atom. The Morgan fingerprint density at radius 3 is 2.61 bits per heavy atom. The topological polar surface area (TPSA) is 99.1 Å². The number of hydrogen-bond acceptors (Lipinski definition) is 5. The van der Waals surface area contributed by atoms with E-state index in [1.54, 1.807) is 11.0 Å². The molecule has 170 valence electrons. The second kappa shape index (κ2) is 10.8. The van der Waals surface area contributed by atoms with Crippen LogP contribution in [-0.4, -0.2) is 64.9 Å². The number of nitrogens with zero attached hydrogens (tertiary/aromatic N) is 1. The molecule has 0 saturated heterocycles. The van der Waals surface area contributed by atoms with Crippen molar-refractivity contribution >= 4 is 34.4 Å². The molecule has 8 heteroatoms. The van der Waals surface area contributed by atoms with E-state index in [4.69, 9.17) is 9.84 Å². The molecule has 0 aromatic heterocycles. The number of halogens is 1. The van der Waals surface area contributed by atoms with Gasteiger partial charge in [0, 0.05) is 31.0 Å². The molecule has 1 aromatic carbocycles. The first-order valence-corrected chi connectivity index (χ1v) is 11.9. The van der Waals surface area contributed by atoms with Crippen LogP contribution >= 0.6 is 22.6 Å². The SMILES string of the molecule is CC(C)C(=O)N(CC1CC1)[C@@H]1CC(C(=O)NCCO)=C[C@H](Oc2ccccc2I)[C@H]1O. The van der Waals surface area contributed by atoms with E-state index in [-0.39, 0.29) is 37.3 Å². The average molecular weight is 542 g/mol. The molecule has 7 nitrogen and oxygen atoms in total. The van der Waals surface area contributed by atoms with E-state index >= 15 is 0 Å². The Morgan fingerprint density at radius 2 is 2.00 bits per heavy atom. The fourth-order valence-electron chi connectivity index (χ4n) is 3.77. The van der Waals surface area contributed by atoms with Gasteiger partial charge in [-0.3, -0.25) is 9.59 Å². The highest BCUT2D eigenvalue weighted by Gasteiger charge is 2.42. The Kier molecular flexibility index (Phi) is 8.35. The zero-order chi connectivity index (χ0) is 22.5. The van der Waals surface area contributed by atoms with Crippen LogP contribution in [0.4, 0.5) is 0 Å². The number of para-hydroxylation sites is 1. The van der Waals surface area contributed by atoms with E-state index < -0.39 is 18.2 Å². The van der Waals surface area contributed by atoms with Crippen LogP contribution in [0, 0.1) is 15.4 Å². The molecule has 0 aliphatic heterocycles. The third-order valence-corrected chi connectivity index (χ3v) is 6.53. The van der Waals surface area contributed by atoms with E-state index in [0.717, 1.165) is 16.4 Å². The first kappa shape index (κ1) is 24.0. The van der Waals surface area contributed by atoms with Gasteiger partial charge in [-0.1, -0.05) is 26.0 Å². The third-order valence-electron chi connectivity index (χ3n) is 5.64. The van der Waals surface area contributed by atoms with Gasteiger partial charge in [0.2, 0.25) is 11.8 Å². The molecular weight excluding hydrogens is 511 g/mol. The van der Waals surface area contributed by atoms with E-state index in [1.807, 2.05) is 38.1 Å². The summed E-state index contributed by atoms with van der Waals surface area (Å²) in [6.07, 6.45) is 2.30. The average Bonchev–Trinajstić information content (AvgIpc) is 3.57. The number of benzene rings is 1. The molecule has 3 rings (SSSR count). The summed E-state index contributed by atoms with van der Waals surface area (Å²) in [4.78, 5) is 27.5. The van der Waals surface area contributed by atoms with Crippen LogP contribution in [0.3, 0.4) is 0 Å². The summed E-state index contributed by atoms with van der Waals surface area (Å²) in [5, 5.41) is 23.0. The fourth-order valence-corrected chi connectivity index (χ4v) is 4.28. The first-order valence-electron chi connectivity index (χ1n) is 10.8. The smallest absolute Gasteiger partial charge is 0.247 e. The Bertz CT molecular complexity index is 824. The lowest BCUT2D eigenvalue weighted by atomic mass is 9.87. The summed E-state index contributed by atoms with van der Waals surface area (Å²) >= 11 is 2.16. The van der Waals surface area contributed by atoms with E-state index in [0.29, 0.717) is 23.8 Å². The lowest BCUT2D eigenvalue weighted by Crippen LogP contribution is -2.56. The molecule has 3 N–H and O–H groups in total. The van der Waals surface area contributed by atoms with Crippen molar-refractivity contribution in [3.05, 3.63) is 39.5 Å². The molecule has 2 aliphatic rings. The Balaban J connectivity index is 1.91. The minimum Gasteiger partial charge on any atom is -0.482 e. The van der Waals surface area contributed by atoms with Crippen LogP contribution in [0.25, 0.3) is 0 Å². The molecule has 2 amide bonds. The third kappa shape index (κ3) is 6.20. The maximum absolute atomic E-state index is 13.0. The summed E-state index contributed by atoms with van der Waals surface area (Å²) in [6, 6.07) is 6.92. The summed E-state index contributed by atoms with van der Waals surface area (Å²) in [5.41, 5.74) is 0.456. The summed E-state index contributed by atoms with van der Waals surface area (Å²) < 4.78 is 7.01. The standard InChI is InChI=1S/C23H31IN2O5/c1-14(2)23(30)26(13-15-7-8-15)18-11-16(22(29)25-9-10-27)12-20(21(18)28)31-19-6-4-3-5-17(19)24/h3-6,12,14-15,18,20-21,27-28H,7-11,13H2,1-2H3,(H,25,29)/t18-,20+,21+/m1/s1. The van der Waals surface area contributed by atoms with Crippen molar-refractivity contribution in [2.24, 2.45) is 11.8 Å². The first-order chi connectivity index (χ1) is 14.8. The lowest BCUT2D eigenvalue weighted by Gasteiger charge is -2.41. The van der Waals surface area contributed by atoms with Crippen LogP contribution in [0.5, 0.6) is 5.75 Å². The molecule has 0 radical (unpaired) electrons. The largest absolute Gasteiger partial charge is 0.482 e. The van der Waals surface area contributed by atoms with E-state index in [2.05, 4.69) is 27.9 Å². The number of aliphatic hydroxyl groups excluding tert-OH is 2. The van der Waals surface area contributed by atoms with E-state index in [9.17, 15) is 14.7 Å². The highest BCUT2D eigenvalue weighted by Crippen LogP contribution is 2.35. The summed E-state index contributed by atoms with van der Waals surface area (Å²) in [6.45, 7) is 4.26. The monoisotopic (exact) mass is 542 g/mol. The minimum absolute atomic E-state index is 0.0268. The summed E-state index contributed by atoms with van der Waals surface area (Å²) in [5.74, 6) is 0.509. The number of ether oxygens (including phenoxy) is 1. The van der Waals surface area contributed by atoms with Crippen molar-refractivity contribution in [2.45, 2.75) is 51.4 Å². The van der Waals surface area contributed by atoms with Gasteiger partial charge in [0.25, 0.3) is 0 Å². The van der Waals surface area contributed by atoms with Gasteiger partial charge in [0.1, 0.15) is 18.0 Å². The van der Waals surface area contributed by atoms with Crippen LogP contribution < -0.4 is 10.1 Å². The Hall–Kier alpha value is -1.65. The van der Waals surface area contributed by atoms with E-state index in [1.165, 1.54) is 0 Å². The van der Waals surface area contributed by atoms with Crippen molar-refractivity contribution in [3.63, 3.8) is 0 Å². The van der Waals surface area contributed by atoms with Crippen LogP contribution in [0.15, 0.2) is 35.9 Å². The van der Waals surface area contributed by atoms with Crippen molar-refractivity contribution in [3.8, 4) is 5.75 Å². The van der Waals surface area contributed by atoms with Gasteiger partial charge in [-0.15, -0.1) is 0 Å². The van der Waals surface area contributed by atoms with Gasteiger partial charge < -0.3 is 25.2 Å². The van der Waals surface area contributed by atoms with Gasteiger partial charge in [0.05, 0.1) is 16.2 Å². The van der Waals surface area contributed by atoms with Gasteiger partial charge >= 0.3 is 0 Å². The molecule has 1 fully saturated rings. The predicted octanol–water partition coefficient (Wildman–Crippen LogP) is 2.10. The molecule has 0 bridgehead atoms. The number of carbonyl (C=O) groups excluding carboxylic acids is 2. The number of hydrogen-bond donors (Lipinski definition) is 3. The van der Waals surface area contributed by atoms with Crippen LogP contribution in [-0.2, 0) is 9.59 Å². The maximum Gasteiger partial charge on any atom is 0.247 e. The second-order valence-corrected chi connectivity index (χ2v) is 9.70. The number of amides is 2. The highest BCUT2D eigenvalue weighted by atomic mass is 127. The van der Waals surface area contributed by atoms with Crippen molar-refractivity contribution in [1.29, 1.82) is 0 Å². The zero-order valence-corrected chi connectivity index (χ0v) is 20.1. The predicted molar refractivity (Wildman–Crippen MR) is 125 cm³/mol. The second-order valence-electron chi connectivity index (χ2n) is 8.54. The number of carbonyl (C=O) groups is 2. The minimum atomic E-state index is -0.966. The molecule has 0 unspecified atom stereocenters. The number of nitrogens with one attached hydrogen (secondary N) is 1. The lowest BCUT2D eigenvalue weighted by molar-refractivity contribution is -0.142. The normalized spacial score (nSPS) is 23.3. The van der Waals surface area contributed by atoms with Crippen LogP contribution in [0.2, 0.25) is 0 Å². The van der Waals surface area contributed by atoms with Crippen molar-refractivity contribution in [1.82, 2.24) is 10.2 Å². The molecular formula is C23H31IN2O5. The van der Waals surface area contributed by atoms with Gasteiger partial charge in [0.15, 0.2) is 0 Å². The highest BCUT2D eigenvalue weighted by molar-refractivity contribution is 14.1. The number of rotatable bonds is 9.